The molecule has 1 aromatic heterocycles. The smallest absolute Gasteiger partial charge is 0.275 e. The van der Waals surface area contributed by atoms with Crippen LogP contribution >= 0.6 is 0 Å². The average molecular weight is 327 g/mol. The molecule has 0 spiro atoms. The van der Waals surface area contributed by atoms with Crippen LogP contribution in [0.2, 0.25) is 0 Å². The molecule has 1 saturated carbocycles. The van der Waals surface area contributed by atoms with Crippen LogP contribution in [0.3, 0.4) is 0 Å². The van der Waals surface area contributed by atoms with Crippen molar-refractivity contribution in [1.29, 1.82) is 0 Å². The zero-order valence-electron chi connectivity index (χ0n) is 13.8. The first-order valence-corrected chi connectivity index (χ1v) is 8.63. The number of hydrogen-bond acceptors (Lipinski definition) is 4. The second-order valence-electron chi connectivity index (χ2n) is 6.42. The summed E-state index contributed by atoms with van der Waals surface area (Å²) in [5.74, 6) is -0.0893. The molecule has 0 N–H and O–H groups in total. The molecule has 1 aromatic carbocycles. The van der Waals surface area contributed by atoms with E-state index in [0.29, 0.717) is 36.2 Å². The third-order valence-corrected chi connectivity index (χ3v) is 5.11. The number of ether oxygens (including phenoxy) is 1. The lowest BCUT2D eigenvalue weighted by molar-refractivity contribution is -0.0447. The van der Waals surface area contributed by atoms with Crippen LogP contribution in [0.5, 0.6) is 0 Å². The number of amides is 1. The van der Waals surface area contributed by atoms with E-state index in [4.69, 9.17) is 4.74 Å². The average Bonchev–Trinajstić information content (AvgIpc) is 3.10. The van der Waals surface area contributed by atoms with E-state index in [1.54, 1.807) is 6.07 Å². The first kappa shape index (κ1) is 15.3. The summed E-state index contributed by atoms with van der Waals surface area (Å²) in [4.78, 5) is 27.6. The summed E-state index contributed by atoms with van der Waals surface area (Å²) >= 11 is 0. The largest absolute Gasteiger partial charge is 0.374 e. The van der Waals surface area contributed by atoms with Gasteiger partial charge in [-0.15, -0.1) is 0 Å². The fourth-order valence-corrected chi connectivity index (χ4v) is 3.92. The van der Waals surface area contributed by atoms with Crippen molar-refractivity contribution in [2.75, 3.05) is 13.2 Å². The Balaban J connectivity index is 1.82. The fourth-order valence-electron chi connectivity index (χ4n) is 3.92. The van der Waals surface area contributed by atoms with E-state index in [1.807, 2.05) is 30.0 Å². The van der Waals surface area contributed by atoms with Crippen molar-refractivity contribution in [3.05, 3.63) is 40.3 Å². The van der Waals surface area contributed by atoms with Gasteiger partial charge in [0.05, 0.1) is 24.1 Å². The van der Waals surface area contributed by atoms with E-state index in [0.717, 1.165) is 19.3 Å². The molecular weight excluding hydrogens is 306 g/mol. The highest BCUT2D eigenvalue weighted by Gasteiger charge is 2.39. The van der Waals surface area contributed by atoms with Gasteiger partial charge in [0.15, 0.2) is 5.69 Å². The number of carbonyl (C=O) groups is 1. The summed E-state index contributed by atoms with van der Waals surface area (Å²) < 4.78 is 7.18. The standard InChI is InChI=1S/C18H21N3O3/c1-2-21-17(22)13-7-4-3-6-12(13)16(19-21)18(23)20-10-11-24-15-9-5-8-14(15)20/h3-4,6-7,14-15H,2,5,8-11H2,1H3/t14-,15-/m1/s1. The number of benzene rings is 1. The summed E-state index contributed by atoms with van der Waals surface area (Å²) in [6, 6.07) is 7.37. The van der Waals surface area contributed by atoms with E-state index < -0.39 is 0 Å². The Morgan fingerprint density at radius 2 is 2.08 bits per heavy atom. The normalized spacial score (nSPS) is 23.5. The van der Waals surface area contributed by atoms with Crippen LogP contribution in [0, 0.1) is 0 Å². The van der Waals surface area contributed by atoms with Crippen molar-refractivity contribution in [2.45, 2.75) is 44.9 Å². The molecule has 1 aliphatic heterocycles. The highest BCUT2D eigenvalue weighted by molar-refractivity contribution is 6.05. The Kier molecular flexibility index (Phi) is 3.84. The molecule has 6 heteroatoms. The molecule has 0 unspecified atom stereocenters. The summed E-state index contributed by atoms with van der Waals surface area (Å²) in [6.45, 7) is 3.46. The molecule has 1 amide bonds. The van der Waals surface area contributed by atoms with Gasteiger partial charge in [0.2, 0.25) is 0 Å². The molecule has 1 saturated heterocycles. The van der Waals surface area contributed by atoms with Crippen LogP contribution in [0.4, 0.5) is 0 Å². The third kappa shape index (κ3) is 2.33. The van der Waals surface area contributed by atoms with Crippen molar-refractivity contribution in [3.8, 4) is 0 Å². The minimum absolute atomic E-state index is 0.0893. The Hall–Kier alpha value is -2.21. The monoisotopic (exact) mass is 327 g/mol. The van der Waals surface area contributed by atoms with Crippen LogP contribution in [-0.4, -0.2) is 45.9 Å². The Morgan fingerprint density at radius 3 is 2.88 bits per heavy atom. The molecule has 0 bridgehead atoms. The van der Waals surface area contributed by atoms with E-state index in [9.17, 15) is 9.59 Å². The van der Waals surface area contributed by atoms with E-state index >= 15 is 0 Å². The van der Waals surface area contributed by atoms with E-state index in [2.05, 4.69) is 5.10 Å². The van der Waals surface area contributed by atoms with Gasteiger partial charge in [-0.05, 0) is 32.3 Å². The topological polar surface area (TPSA) is 64.4 Å². The van der Waals surface area contributed by atoms with Crippen LogP contribution in [-0.2, 0) is 11.3 Å². The number of fused-ring (bicyclic) bond motifs is 2. The maximum Gasteiger partial charge on any atom is 0.275 e. The Labute approximate surface area is 140 Å². The number of hydrogen-bond donors (Lipinski definition) is 0. The van der Waals surface area contributed by atoms with Crippen molar-refractivity contribution in [2.24, 2.45) is 0 Å². The van der Waals surface area contributed by atoms with Crippen LogP contribution in [0.25, 0.3) is 10.8 Å². The Morgan fingerprint density at radius 1 is 1.29 bits per heavy atom. The second-order valence-corrected chi connectivity index (χ2v) is 6.42. The Bertz CT molecular complexity index is 845. The van der Waals surface area contributed by atoms with Gasteiger partial charge >= 0.3 is 0 Å². The molecule has 2 aromatic rings. The van der Waals surface area contributed by atoms with Crippen molar-refractivity contribution in [3.63, 3.8) is 0 Å². The summed E-state index contributed by atoms with van der Waals surface area (Å²) in [5, 5.41) is 5.57. The fraction of sp³-hybridized carbons (Fsp3) is 0.500. The lowest BCUT2D eigenvalue weighted by Gasteiger charge is -2.37. The SMILES string of the molecule is CCn1nc(C(=O)N2CCO[C@@H]3CCC[C@H]32)c2ccccc2c1=O. The summed E-state index contributed by atoms with van der Waals surface area (Å²) in [5.41, 5.74) is 0.227. The first-order chi connectivity index (χ1) is 11.7. The molecule has 24 heavy (non-hydrogen) atoms. The lowest BCUT2D eigenvalue weighted by Crippen LogP contribution is -2.51. The highest BCUT2D eigenvalue weighted by Crippen LogP contribution is 2.31. The minimum Gasteiger partial charge on any atom is -0.374 e. The van der Waals surface area contributed by atoms with Crippen molar-refractivity contribution >= 4 is 16.7 Å². The molecule has 0 radical (unpaired) electrons. The predicted molar refractivity (Wildman–Crippen MR) is 90.1 cm³/mol. The lowest BCUT2D eigenvalue weighted by atomic mass is 10.1. The quantitative estimate of drug-likeness (QED) is 0.844. The number of aryl methyl sites for hydroxylation is 1. The van der Waals surface area contributed by atoms with Crippen molar-refractivity contribution in [1.82, 2.24) is 14.7 Å². The number of aromatic nitrogens is 2. The molecule has 6 nitrogen and oxygen atoms in total. The number of rotatable bonds is 2. The molecule has 1 aliphatic carbocycles. The van der Waals surface area contributed by atoms with Crippen molar-refractivity contribution < 1.29 is 9.53 Å². The van der Waals surface area contributed by atoms with Gasteiger partial charge in [0.25, 0.3) is 11.5 Å². The molecule has 4 rings (SSSR count). The maximum absolute atomic E-state index is 13.2. The number of morpholine rings is 1. The first-order valence-electron chi connectivity index (χ1n) is 8.63. The summed E-state index contributed by atoms with van der Waals surface area (Å²) in [7, 11) is 0. The molecule has 2 aliphatic rings. The van der Waals surface area contributed by atoms with Gasteiger partial charge in [-0.2, -0.15) is 5.10 Å². The molecule has 2 heterocycles. The van der Waals surface area contributed by atoms with Gasteiger partial charge in [-0.25, -0.2) is 4.68 Å². The third-order valence-electron chi connectivity index (χ3n) is 5.11. The van der Waals surface area contributed by atoms with Crippen LogP contribution < -0.4 is 5.56 Å². The zero-order valence-corrected chi connectivity index (χ0v) is 13.8. The van der Waals surface area contributed by atoms with Crippen LogP contribution in [0.1, 0.15) is 36.7 Å². The number of nitrogens with zero attached hydrogens (tertiary/aromatic N) is 3. The van der Waals surface area contributed by atoms with Crippen LogP contribution in [0.15, 0.2) is 29.1 Å². The van der Waals surface area contributed by atoms with E-state index in [1.165, 1.54) is 4.68 Å². The molecule has 126 valence electrons. The molecule has 2 fully saturated rings. The molecule has 2 atom stereocenters. The van der Waals surface area contributed by atoms with Gasteiger partial charge in [0.1, 0.15) is 0 Å². The minimum atomic E-state index is -0.148. The van der Waals surface area contributed by atoms with Gasteiger partial charge in [0, 0.05) is 18.5 Å². The zero-order chi connectivity index (χ0) is 16.7. The second kappa shape index (κ2) is 6.02. The van der Waals surface area contributed by atoms with E-state index in [-0.39, 0.29) is 23.6 Å². The summed E-state index contributed by atoms with van der Waals surface area (Å²) in [6.07, 6.45) is 3.21. The number of carbonyl (C=O) groups excluding carboxylic acids is 1. The highest BCUT2D eigenvalue weighted by atomic mass is 16.5. The van der Waals surface area contributed by atoms with Gasteiger partial charge in [-0.3, -0.25) is 9.59 Å². The maximum atomic E-state index is 13.2. The van der Waals surface area contributed by atoms with Gasteiger partial charge < -0.3 is 9.64 Å². The predicted octanol–water partition coefficient (Wildman–Crippen LogP) is 1.81. The molecular formula is C18H21N3O3. The van der Waals surface area contributed by atoms with Gasteiger partial charge in [-0.1, -0.05) is 18.2 Å².